The van der Waals surface area contributed by atoms with Crippen molar-refractivity contribution in [2.24, 2.45) is 0 Å². The van der Waals surface area contributed by atoms with Gasteiger partial charge in [-0.15, -0.1) is 0 Å². The molecule has 0 unspecified atom stereocenters. The van der Waals surface area contributed by atoms with Crippen LogP contribution >= 0.6 is 23.2 Å². The van der Waals surface area contributed by atoms with E-state index in [0.717, 1.165) is 22.4 Å². The van der Waals surface area contributed by atoms with Gasteiger partial charge >= 0.3 is 5.69 Å². The Kier molecular flexibility index (Phi) is 5.15. The predicted octanol–water partition coefficient (Wildman–Crippen LogP) is 4.84. The maximum Gasteiger partial charge on any atom is 0.350 e. The second-order valence-electron chi connectivity index (χ2n) is 6.76. The van der Waals surface area contributed by atoms with E-state index in [1.807, 2.05) is 37.3 Å². The van der Waals surface area contributed by atoms with E-state index >= 15 is 0 Å². The highest BCUT2D eigenvalue weighted by molar-refractivity contribution is 6.44. The van der Waals surface area contributed by atoms with Crippen LogP contribution in [0.4, 0.5) is 11.5 Å². The van der Waals surface area contributed by atoms with E-state index in [1.165, 1.54) is 0 Å². The lowest BCUT2D eigenvalue weighted by Gasteiger charge is -2.23. The van der Waals surface area contributed by atoms with Crippen molar-refractivity contribution < 1.29 is 9.47 Å². The van der Waals surface area contributed by atoms with Crippen molar-refractivity contribution in [3.63, 3.8) is 0 Å². The quantitative estimate of drug-likeness (QED) is 0.639. The molecule has 0 bridgehead atoms. The van der Waals surface area contributed by atoms with E-state index in [-0.39, 0.29) is 5.69 Å². The van der Waals surface area contributed by atoms with Crippen LogP contribution < -0.4 is 20.5 Å². The standard InChI is InChI=1S/C21H19Cl2N3O3/c1-11-4-5-14(20(23)19(11)22)24-18-10-15-13-9-17(29-3)16(28-2)8-12(13)6-7-26(15)21(27)25-18/h4-5,8-10H,6-7H2,1-3H3,(H,24,25,27). The van der Waals surface area contributed by atoms with Gasteiger partial charge in [0.15, 0.2) is 11.5 Å². The SMILES string of the molecule is COc1cc2c(cc1OC)-c1cc(Nc3ccc(C)c(Cl)c3Cl)nc(=O)n1CC2. The number of aromatic nitrogens is 2. The molecule has 2 heterocycles. The summed E-state index contributed by atoms with van der Waals surface area (Å²) < 4.78 is 12.5. The zero-order valence-electron chi connectivity index (χ0n) is 16.2. The van der Waals surface area contributed by atoms with E-state index in [9.17, 15) is 4.79 Å². The molecule has 0 saturated heterocycles. The maximum absolute atomic E-state index is 12.7. The lowest BCUT2D eigenvalue weighted by Crippen LogP contribution is -2.28. The summed E-state index contributed by atoms with van der Waals surface area (Å²) in [4.78, 5) is 16.8. The molecule has 0 atom stereocenters. The molecule has 3 aromatic rings. The summed E-state index contributed by atoms with van der Waals surface area (Å²) in [6.45, 7) is 2.42. The molecule has 0 aliphatic carbocycles. The molecule has 4 rings (SSSR count). The van der Waals surface area contributed by atoms with Crippen molar-refractivity contribution >= 4 is 34.7 Å². The molecule has 0 fully saturated rings. The Hall–Kier alpha value is -2.70. The summed E-state index contributed by atoms with van der Waals surface area (Å²) >= 11 is 12.6. The Labute approximate surface area is 178 Å². The maximum atomic E-state index is 12.7. The summed E-state index contributed by atoms with van der Waals surface area (Å²) in [7, 11) is 3.19. The first-order valence-corrected chi connectivity index (χ1v) is 9.77. The number of halogens is 2. The minimum atomic E-state index is -0.334. The largest absolute Gasteiger partial charge is 0.493 e. The monoisotopic (exact) mass is 431 g/mol. The number of hydrogen-bond donors (Lipinski definition) is 1. The fraction of sp³-hybridized carbons (Fsp3) is 0.238. The van der Waals surface area contributed by atoms with Gasteiger partial charge in [-0.1, -0.05) is 29.3 Å². The van der Waals surface area contributed by atoms with Crippen LogP contribution in [0.2, 0.25) is 10.0 Å². The molecule has 1 aliphatic heterocycles. The molecule has 1 aliphatic rings. The number of benzene rings is 2. The molecule has 1 N–H and O–H groups in total. The van der Waals surface area contributed by atoms with Crippen molar-refractivity contribution in [3.8, 4) is 22.8 Å². The smallest absolute Gasteiger partial charge is 0.350 e. The van der Waals surface area contributed by atoms with E-state index in [0.29, 0.717) is 46.0 Å². The second kappa shape index (κ2) is 7.61. The molecule has 6 nitrogen and oxygen atoms in total. The Morgan fingerprint density at radius 3 is 2.52 bits per heavy atom. The molecule has 8 heteroatoms. The van der Waals surface area contributed by atoms with Gasteiger partial charge in [-0.2, -0.15) is 4.98 Å². The molecule has 0 radical (unpaired) electrons. The molecule has 150 valence electrons. The zero-order chi connectivity index (χ0) is 20.7. The van der Waals surface area contributed by atoms with Gasteiger partial charge in [-0.25, -0.2) is 4.79 Å². The number of rotatable bonds is 4. The highest BCUT2D eigenvalue weighted by Gasteiger charge is 2.22. The first kappa shape index (κ1) is 19.6. The fourth-order valence-corrected chi connectivity index (χ4v) is 3.91. The van der Waals surface area contributed by atoms with E-state index in [2.05, 4.69) is 10.3 Å². The molecular formula is C21H19Cl2N3O3. The van der Waals surface area contributed by atoms with Crippen molar-refractivity contribution in [2.45, 2.75) is 19.9 Å². The molecule has 0 saturated carbocycles. The molecular weight excluding hydrogens is 413 g/mol. The van der Waals surface area contributed by atoms with Crippen LogP contribution in [0.1, 0.15) is 11.1 Å². The van der Waals surface area contributed by atoms with Crippen LogP contribution in [0, 0.1) is 6.92 Å². The van der Waals surface area contributed by atoms with Gasteiger partial charge in [0.05, 0.1) is 35.6 Å². The zero-order valence-corrected chi connectivity index (χ0v) is 17.7. The van der Waals surface area contributed by atoms with Gasteiger partial charge in [0.2, 0.25) is 0 Å². The Morgan fingerprint density at radius 1 is 1.07 bits per heavy atom. The molecule has 0 amide bonds. The Bertz CT molecular complexity index is 1170. The molecule has 0 spiro atoms. The van der Waals surface area contributed by atoms with Crippen LogP contribution in [0.3, 0.4) is 0 Å². The minimum Gasteiger partial charge on any atom is -0.493 e. The van der Waals surface area contributed by atoms with Crippen LogP contribution in [-0.4, -0.2) is 23.8 Å². The molecule has 1 aromatic heterocycles. The Balaban J connectivity index is 1.82. The number of nitrogens with zero attached hydrogens (tertiary/aromatic N) is 2. The summed E-state index contributed by atoms with van der Waals surface area (Å²) in [5, 5.41) is 3.97. The van der Waals surface area contributed by atoms with Crippen LogP contribution in [0.5, 0.6) is 11.5 Å². The summed E-state index contributed by atoms with van der Waals surface area (Å²) in [5.41, 5.74) is 3.86. The Morgan fingerprint density at radius 2 is 1.79 bits per heavy atom. The average Bonchev–Trinajstić information content (AvgIpc) is 2.73. The van der Waals surface area contributed by atoms with Crippen LogP contribution in [0.25, 0.3) is 11.3 Å². The van der Waals surface area contributed by atoms with Gasteiger partial charge in [0, 0.05) is 18.2 Å². The van der Waals surface area contributed by atoms with Gasteiger partial charge in [-0.05, 0) is 42.7 Å². The minimum absolute atomic E-state index is 0.334. The number of fused-ring (bicyclic) bond motifs is 3. The number of ether oxygens (including phenoxy) is 2. The fourth-order valence-electron chi connectivity index (χ4n) is 3.49. The van der Waals surface area contributed by atoms with Gasteiger partial charge in [0.1, 0.15) is 5.82 Å². The molecule has 29 heavy (non-hydrogen) atoms. The predicted molar refractivity (Wildman–Crippen MR) is 115 cm³/mol. The lowest BCUT2D eigenvalue weighted by atomic mass is 9.97. The first-order chi connectivity index (χ1) is 13.9. The van der Waals surface area contributed by atoms with E-state index in [1.54, 1.807) is 18.8 Å². The number of methoxy groups -OCH3 is 2. The third-order valence-electron chi connectivity index (χ3n) is 5.04. The number of nitrogens with one attached hydrogen (secondary N) is 1. The van der Waals surface area contributed by atoms with Gasteiger partial charge in [-0.3, -0.25) is 4.57 Å². The van der Waals surface area contributed by atoms with Gasteiger partial charge < -0.3 is 14.8 Å². The van der Waals surface area contributed by atoms with Crippen LogP contribution in [0.15, 0.2) is 35.1 Å². The summed E-state index contributed by atoms with van der Waals surface area (Å²) in [6, 6.07) is 9.33. The topological polar surface area (TPSA) is 65.4 Å². The third-order valence-corrected chi connectivity index (χ3v) is 6.02. The van der Waals surface area contributed by atoms with E-state index < -0.39 is 0 Å². The van der Waals surface area contributed by atoms with Gasteiger partial charge in [0.25, 0.3) is 0 Å². The average molecular weight is 432 g/mol. The number of aryl methyl sites for hydroxylation is 2. The van der Waals surface area contributed by atoms with Crippen molar-refractivity contribution in [1.29, 1.82) is 0 Å². The number of anilines is 2. The van der Waals surface area contributed by atoms with E-state index in [4.69, 9.17) is 32.7 Å². The molecule has 2 aromatic carbocycles. The van der Waals surface area contributed by atoms with Crippen LogP contribution in [-0.2, 0) is 13.0 Å². The van der Waals surface area contributed by atoms with Crippen molar-refractivity contribution in [1.82, 2.24) is 9.55 Å². The summed E-state index contributed by atoms with van der Waals surface area (Å²) in [5.74, 6) is 1.66. The summed E-state index contributed by atoms with van der Waals surface area (Å²) in [6.07, 6.45) is 0.705. The van der Waals surface area contributed by atoms with Crippen molar-refractivity contribution in [2.75, 3.05) is 19.5 Å². The number of hydrogen-bond acceptors (Lipinski definition) is 5. The lowest BCUT2D eigenvalue weighted by molar-refractivity contribution is 0.354. The normalized spacial score (nSPS) is 12.2. The highest BCUT2D eigenvalue weighted by atomic mass is 35.5. The highest BCUT2D eigenvalue weighted by Crippen LogP contribution is 2.39. The third kappa shape index (κ3) is 3.43. The van der Waals surface area contributed by atoms with Crippen molar-refractivity contribution in [3.05, 3.63) is 62.0 Å². The first-order valence-electron chi connectivity index (χ1n) is 9.01. The second-order valence-corrected chi connectivity index (χ2v) is 7.51.